The van der Waals surface area contributed by atoms with Gasteiger partial charge < -0.3 is 19.0 Å². The van der Waals surface area contributed by atoms with E-state index in [1.807, 2.05) is 12.1 Å². The zero-order valence-corrected chi connectivity index (χ0v) is 14.0. The molecular weight excluding hydrogens is 392 g/mol. The van der Waals surface area contributed by atoms with Crippen LogP contribution in [-0.4, -0.2) is 25.4 Å². The molecule has 0 spiro atoms. The molecule has 0 bridgehead atoms. The van der Waals surface area contributed by atoms with Crippen molar-refractivity contribution in [3.8, 4) is 5.75 Å². The molecule has 6 heteroatoms. The minimum absolute atomic E-state index is 0.422. The summed E-state index contributed by atoms with van der Waals surface area (Å²) in [6, 6.07) is 9.03. The second kappa shape index (κ2) is 7.26. The molecule has 108 valence electrons. The van der Waals surface area contributed by atoms with Crippen LogP contribution in [0.25, 0.3) is 0 Å². The van der Waals surface area contributed by atoms with Gasteiger partial charge in [0.2, 0.25) is 0 Å². The fourth-order valence-corrected chi connectivity index (χ4v) is 2.33. The van der Waals surface area contributed by atoms with Crippen molar-refractivity contribution >= 4 is 31.9 Å². The Balaban J connectivity index is 2.22. The van der Waals surface area contributed by atoms with E-state index in [1.54, 1.807) is 25.3 Å². The Hall–Kier alpha value is -0.820. The van der Waals surface area contributed by atoms with Crippen molar-refractivity contribution < 1.29 is 19.0 Å². The van der Waals surface area contributed by atoms with E-state index in [9.17, 15) is 5.11 Å². The summed E-state index contributed by atoms with van der Waals surface area (Å²) in [5.41, 5.74) is 0.650. The van der Waals surface area contributed by atoms with E-state index < -0.39 is 6.10 Å². The Morgan fingerprint density at radius 3 is 2.65 bits per heavy atom. The number of benzene rings is 1. The molecule has 2 rings (SSSR count). The van der Waals surface area contributed by atoms with E-state index >= 15 is 0 Å². The molecule has 1 aromatic heterocycles. The zero-order valence-electron chi connectivity index (χ0n) is 10.8. The van der Waals surface area contributed by atoms with Gasteiger partial charge in [-0.15, -0.1) is 0 Å². The highest BCUT2D eigenvalue weighted by atomic mass is 79.9. The minimum atomic E-state index is -0.892. The molecule has 2 aromatic rings. The number of halogens is 2. The fraction of sp³-hybridized carbons (Fsp3) is 0.286. The number of ether oxygens (including phenoxy) is 2. The SMILES string of the molecule is COCCOc1ccccc1C(O)c1cc(Br)c(Br)o1. The van der Waals surface area contributed by atoms with Crippen molar-refractivity contribution in [2.75, 3.05) is 20.3 Å². The number of furan rings is 1. The summed E-state index contributed by atoms with van der Waals surface area (Å²) in [6.45, 7) is 0.911. The Morgan fingerprint density at radius 2 is 2.00 bits per heavy atom. The van der Waals surface area contributed by atoms with Crippen molar-refractivity contribution in [1.82, 2.24) is 0 Å². The van der Waals surface area contributed by atoms with Crippen molar-refractivity contribution in [2.45, 2.75) is 6.10 Å². The van der Waals surface area contributed by atoms with Crippen LogP contribution in [0.5, 0.6) is 5.75 Å². The van der Waals surface area contributed by atoms with Gasteiger partial charge in [-0.05, 0) is 44.0 Å². The van der Waals surface area contributed by atoms with E-state index in [2.05, 4.69) is 31.9 Å². The molecule has 0 saturated heterocycles. The second-order valence-electron chi connectivity index (χ2n) is 4.05. The van der Waals surface area contributed by atoms with Crippen molar-refractivity contribution in [3.63, 3.8) is 0 Å². The second-order valence-corrected chi connectivity index (χ2v) is 5.63. The van der Waals surface area contributed by atoms with Crippen LogP contribution in [0.3, 0.4) is 0 Å². The third kappa shape index (κ3) is 3.63. The van der Waals surface area contributed by atoms with Crippen molar-refractivity contribution in [2.24, 2.45) is 0 Å². The number of aliphatic hydroxyl groups is 1. The summed E-state index contributed by atoms with van der Waals surface area (Å²) < 4.78 is 17.3. The molecule has 4 nitrogen and oxygen atoms in total. The number of hydrogen-bond acceptors (Lipinski definition) is 4. The number of methoxy groups -OCH3 is 1. The maximum atomic E-state index is 10.4. The Bertz CT molecular complexity index is 549. The lowest BCUT2D eigenvalue weighted by molar-refractivity contribution is 0.140. The molecular formula is C14H14Br2O4. The normalized spacial score (nSPS) is 12.4. The minimum Gasteiger partial charge on any atom is -0.491 e. The number of hydrogen-bond donors (Lipinski definition) is 1. The molecule has 0 saturated carbocycles. The molecule has 1 unspecified atom stereocenters. The van der Waals surface area contributed by atoms with Gasteiger partial charge in [-0.2, -0.15) is 0 Å². The zero-order chi connectivity index (χ0) is 14.5. The first-order valence-corrected chi connectivity index (χ1v) is 7.55. The van der Waals surface area contributed by atoms with Gasteiger partial charge in [-0.3, -0.25) is 0 Å². The fourth-order valence-electron chi connectivity index (χ4n) is 1.72. The van der Waals surface area contributed by atoms with E-state index in [1.165, 1.54) is 0 Å². The molecule has 0 radical (unpaired) electrons. The first-order valence-electron chi connectivity index (χ1n) is 5.97. The van der Waals surface area contributed by atoms with Crippen molar-refractivity contribution in [1.29, 1.82) is 0 Å². The lowest BCUT2D eigenvalue weighted by Crippen LogP contribution is -2.08. The summed E-state index contributed by atoms with van der Waals surface area (Å²) in [6.07, 6.45) is -0.892. The van der Waals surface area contributed by atoms with E-state index in [0.717, 1.165) is 4.47 Å². The van der Waals surface area contributed by atoms with Crippen LogP contribution in [0.2, 0.25) is 0 Å². The van der Waals surface area contributed by atoms with Gasteiger partial charge in [-0.1, -0.05) is 18.2 Å². The summed E-state index contributed by atoms with van der Waals surface area (Å²) in [7, 11) is 1.61. The summed E-state index contributed by atoms with van der Waals surface area (Å²) in [5.74, 6) is 1.05. The molecule has 0 fully saturated rings. The molecule has 0 amide bonds. The van der Waals surface area contributed by atoms with Gasteiger partial charge in [-0.25, -0.2) is 0 Å². The van der Waals surface area contributed by atoms with Crippen LogP contribution in [-0.2, 0) is 4.74 Å². The maximum Gasteiger partial charge on any atom is 0.183 e. The highest BCUT2D eigenvalue weighted by Crippen LogP contribution is 2.35. The highest BCUT2D eigenvalue weighted by molar-refractivity contribution is 9.13. The molecule has 0 aliphatic rings. The summed E-state index contributed by atoms with van der Waals surface area (Å²) >= 11 is 6.58. The lowest BCUT2D eigenvalue weighted by Gasteiger charge is -2.14. The average Bonchev–Trinajstić information content (AvgIpc) is 2.79. The van der Waals surface area contributed by atoms with Gasteiger partial charge in [0.05, 0.1) is 11.1 Å². The van der Waals surface area contributed by atoms with Gasteiger partial charge in [0.1, 0.15) is 24.2 Å². The number of aliphatic hydroxyl groups excluding tert-OH is 1. The predicted molar refractivity (Wildman–Crippen MR) is 82.0 cm³/mol. The van der Waals surface area contributed by atoms with Gasteiger partial charge >= 0.3 is 0 Å². The highest BCUT2D eigenvalue weighted by Gasteiger charge is 2.20. The van der Waals surface area contributed by atoms with Crippen molar-refractivity contribution in [3.05, 3.63) is 50.8 Å². The van der Waals surface area contributed by atoms with Gasteiger partial charge in [0, 0.05) is 12.7 Å². The molecule has 0 aliphatic heterocycles. The Kier molecular flexibility index (Phi) is 5.65. The molecule has 1 aromatic carbocycles. The van der Waals surface area contributed by atoms with Crippen LogP contribution < -0.4 is 4.74 Å². The van der Waals surface area contributed by atoms with E-state index in [-0.39, 0.29) is 0 Å². The standard InChI is InChI=1S/C14H14Br2O4/c1-18-6-7-19-11-5-3-2-4-9(11)13(17)12-8-10(15)14(16)20-12/h2-5,8,13,17H,6-7H2,1H3. The molecule has 20 heavy (non-hydrogen) atoms. The van der Waals surface area contributed by atoms with Crippen LogP contribution >= 0.6 is 31.9 Å². The lowest BCUT2D eigenvalue weighted by atomic mass is 10.1. The third-order valence-corrected chi connectivity index (χ3v) is 4.40. The summed E-state index contributed by atoms with van der Waals surface area (Å²) in [5, 5.41) is 10.4. The van der Waals surface area contributed by atoms with Crippen LogP contribution in [0, 0.1) is 0 Å². The van der Waals surface area contributed by atoms with Gasteiger partial charge in [0.25, 0.3) is 0 Å². The molecule has 1 N–H and O–H groups in total. The van der Waals surface area contributed by atoms with E-state index in [4.69, 9.17) is 13.9 Å². The Morgan fingerprint density at radius 1 is 1.25 bits per heavy atom. The molecule has 0 aliphatic carbocycles. The van der Waals surface area contributed by atoms with Crippen LogP contribution in [0.15, 0.2) is 43.9 Å². The quantitative estimate of drug-likeness (QED) is 0.740. The third-order valence-electron chi connectivity index (χ3n) is 2.69. The monoisotopic (exact) mass is 404 g/mol. The smallest absolute Gasteiger partial charge is 0.183 e. The van der Waals surface area contributed by atoms with Crippen LogP contribution in [0.4, 0.5) is 0 Å². The maximum absolute atomic E-state index is 10.4. The topological polar surface area (TPSA) is 51.8 Å². The van der Waals surface area contributed by atoms with Crippen LogP contribution in [0.1, 0.15) is 17.4 Å². The predicted octanol–water partition coefficient (Wildman–Crippen LogP) is 3.91. The molecule has 1 heterocycles. The van der Waals surface area contributed by atoms with Gasteiger partial charge in [0.15, 0.2) is 4.67 Å². The first kappa shape index (κ1) is 15.6. The van der Waals surface area contributed by atoms with E-state index in [0.29, 0.717) is 35.0 Å². The summed E-state index contributed by atoms with van der Waals surface area (Å²) in [4.78, 5) is 0. The Labute approximate surface area is 133 Å². The largest absolute Gasteiger partial charge is 0.491 e. The molecule has 1 atom stereocenters. The number of rotatable bonds is 6. The number of para-hydroxylation sites is 1. The average molecular weight is 406 g/mol. The first-order chi connectivity index (χ1) is 9.63.